The highest BCUT2D eigenvalue weighted by Crippen LogP contribution is 2.25. The lowest BCUT2D eigenvalue weighted by atomic mass is 10.1. The molecule has 0 aliphatic heterocycles. The van der Waals surface area contributed by atoms with E-state index in [1.165, 1.54) is 12.1 Å². The zero-order valence-electron chi connectivity index (χ0n) is 12.7. The molecule has 0 heterocycles. The largest absolute Gasteiger partial charge is 0.507 e. The van der Waals surface area contributed by atoms with Crippen molar-refractivity contribution in [2.24, 2.45) is 0 Å². The summed E-state index contributed by atoms with van der Waals surface area (Å²) in [6.45, 7) is 0.411. The second-order valence-electron chi connectivity index (χ2n) is 5.10. The van der Waals surface area contributed by atoms with Gasteiger partial charge in [0.25, 0.3) is 0 Å². The molecule has 0 spiro atoms. The minimum absolute atomic E-state index is 0.0843. The summed E-state index contributed by atoms with van der Waals surface area (Å²) in [4.78, 5) is 13.7. The molecule has 0 fully saturated rings. The number of hydrogen-bond donors (Lipinski definition) is 1. The van der Waals surface area contributed by atoms with Crippen LogP contribution in [0, 0.1) is 0 Å². The number of ketones is 1. The van der Waals surface area contributed by atoms with E-state index >= 15 is 0 Å². The molecule has 0 aliphatic rings. The number of carbonyl (C=O) groups excluding carboxylic acids is 1. The normalized spacial score (nSPS) is 10.6. The van der Waals surface area contributed by atoms with Gasteiger partial charge < -0.3 is 14.7 Å². The van der Waals surface area contributed by atoms with Crippen LogP contribution in [0.3, 0.4) is 0 Å². The minimum Gasteiger partial charge on any atom is -0.507 e. The van der Waals surface area contributed by atoms with Gasteiger partial charge >= 0.3 is 0 Å². The van der Waals surface area contributed by atoms with Gasteiger partial charge in [0.05, 0.1) is 5.56 Å². The number of ether oxygens (including phenoxy) is 1. The van der Waals surface area contributed by atoms with Crippen molar-refractivity contribution < 1.29 is 14.6 Å². The molecule has 2 aromatic rings. The third kappa shape index (κ3) is 4.38. The summed E-state index contributed by atoms with van der Waals surface area (Å²) in [6, 6.07) is 14.5. The number of nitrogens with zero attached hydrogens (tertiary/aromatic N) is 1. The highest BCUT2D eigenvalue weighted by atomic mass is 16.5. The molecule has 1 N–H and O–H groups in total. The van der Waals surface area contributed by atoms with Crippen LogP contribution < -0.4 is 4.74 Å². The van der Waals surface area contributed by atoms with Crippen molar-refractivity contribution >= 4 is 5.78 Å². The van der Waals surface area contributed by atoms with Crippen molar-refractivity contribution in [3.63, 3.8) is 0 Å². The summed E-state index contributed by atoms with van der Waals surface area (Å²) in [7, 11) is 3.65. The summed E-state index contributed by atoms with van der Waals surface area (Å²) < 4.78 is 5.61. The Labute approximate surface area is 130 Å². The molecule has 0 amide bonds. The van der Waals surface area contributed by atoms with E-state index in [9.17, 15) is 9.90 Å². The van der Waals surface area contributed by atoms with Crippen molar-refractivity contribution in [3.8, 4) is 11.5 Å². The maximum absolute atomic E-state index is 11.9. The Morgan fingerprint density at radius 3 is 2.55 bits per heavy atom. The monoisotopic (exact) mass is 297 g/mol. The fourth-order valence-corrected chi connectivity index (χ4v) is 1.86. The quantitative estimate of drug-likeness (QED) is 0.657. The Kier molecular flexibility index (Phi) is 5.20. The number of rotatable bonds is 6. The number of aromatic hydroxyl groups is 1. The molecule has 4 heteroatoms. The van der Waals surface area contributed by atoms with Gasteiger partial charge in [0.2, 0.25) is 0 Å². The predicted molar refractivity (Wildman–Crippen MR) is 86.0 cm³/mol. The predicted octanol–water partition coefficient (Wildman–Crippen LogP) is 3.23. The highest BCUT2D eigenvalue weighted by Gasteiger charge is 2.09. The molecule has 4 nitrogen and oxygen atoms in total. The van der Waals surface area contributed by atoms with E-state index in [4.69, 9.17) is 4.74 Å². The first-order chi connectivity index (χ1) is 10.6. The van der Waals surface area contributed by atoms with Crippen LogP contribution >= 0.6 is 0 Å². The maximum atomic E-state index is 11.9. The van der Waals surface area contributed by atoms with E-state index in [2.05, 4.69) is 0 Å². The molecule has 2 aromatic carbocycles. The van der Waals surface area contributed by atoms with Crippen LogP contribution in [0.4, 0.5) is 0 Å². The van der Waals surface area contributed by atoms with Gasteiger partial charge in [-0.2, -0.15) is 0 Å². The van der Waals surface area contributed by atoms with Crippen LogP contribution in [0.1, 0.15) is 15.9 Å². The number of hydrogen-bond acceptors (Lipinski definition) is 4. The molecule has 0 radical (unpaired) electrons. The van der Waals surface area contributed by atoms with Crippen molar-refractivity contribution in [2.75, 3.05) is 14.1 Å². The molecule has 0 aliphatic carbocycles. The van der Waals surface area contributed by atoms with Crippen LogP contribution in [0.25, 0.3) is 0 Å². The minimum atomic E-state index is -0.249. The van der Waals surface area contributed by atoms with E-state index in [0.717, 1.165) is 5.56 Å². The van der Waals surface area contributed by atoms with Gasteiger partial charge in [-0.3, -0.25) is 4.79 Å². The van der Waals surface area contributed by atoms with Gasteiger partial charge in [-0.1, -0.05) is 30.3 Å². The lowest BCUT2D eigenvalue weighted by Gasteiger charge is -2.08. The van der Waals surface area contributed by atoms with Crippen LogP contribution in [0.2, 0.25) is 0 Å². The second-order valence-corrected chi connectivity index (χ2v) is 5.10. The van der Waals surface area contributed by atoms with Crippen LogP contribution in [0.5, 0.6) is 11.5 Å². The Morgan fingerprint density at radius 2 is 1.91 bits per heavy atom. The third-order valence-electron chi connectivity index (χ3n) is 3.01. The molecule has 22 heavy (non-hydrogen) atoms. The van der Waals surface area contributed by atoms with Gasteiger partial charge in [0, 0.05) is 32.4 Å². The number of phenols is 1. The Hall–Kier alpha value is -2.75. The number of allylic oxidation sites excluding steroid dienone is 1. The second kappa shape index (κ2) is 7.31. The molecule has 0 atom stereocenters. The molecular formula is C18H19NO3. The van der Waals surface area contributed by atoms with Gasteiger partial charge in [-0.05, 0) is 17.7 Å². The van der Waals surface area contributed by atoms with Gasteiger partial charge in [0.1, 0.15) is 18.1 Å². The van der Waals surface area contributed by atoms with Gasteiger partial charge in [-0.15, -0.1) is 0 Å². The van der Waals surface area contributed by atoms with Crippen molar-refractivity contribution in [1.82, 2.24) is 4.90 Å². The molecule has 2 rings (SSSR count). The fraction of sp³-hybridized carbons (Fsp3) is 0.167. The Morgan fingerprint density at radius 1 is 1.18 bits per heavy atom. The summed E-state index contributed by atoms with van der Waals surface area (Å²) >= 11 is 0. The lowest BCUT2D eigenvalue weighted by molar-refractivity contribution is 0.104. The van der Waals surface area contributed by atoms with Gasteiger partial charge in [-0.25, -0.2) is 0 Å². The first-order valence-electron chi connectivity index (χ1n) is 6.95. The van der Waals surface area contributed by atoms with E-state index in [0.29, 0.717) is 12.4 Å². The zero-order valence-corrected chi connectivity index (χ0v) is 12.7. The molecule has 0 aromatic heterocycles. The average molecular weight is 297 g/mol. The van der Waals surface area contributed by atoms with Crippen molar-refractivity contribution in [2.45, 2.75) is 6.61 Å². The van der Waals surface area contributed by atoms with Crippen LogP contribution in [0.15, 0.2) is 60.8 Å². The standard InChI is InChI=1S/C18H19NO3/c1-19(2)11-10-17(20)16-9-8-15(12-18(16)21)22-13-14-6-4-3-5-7-14/h3-12,21H,13H2,1-2H3/b11-10+. The van der Waals surface area contributed by atoms with Gasteiger partial charge in [0.15, 0.2) is 5.78 Å². The summed E-state index contributed by atoms with van der Waals surface area (Å²) in [5, 5.41) is 9.98. The molecule has 0 saturated heterocycles. The highest BCUT2D eigenvalue weighted by molar-refractivity contribution is 6.06. The molecule has 0 saturated carbocycles. The smallest absolute Gasteiger partial charge is 0.190 e. The molecule has 114 valence electrons. The van der Waals surface area contributed by atoms with Crippen LogP contribution in [-0.4, -0.2) is 29.9 Å². The summed E-state index contributed by atoms with van der Waals surface area (Å²) in [5.41, 5.74) is 1.29. The lowest BCUT2D eigenvalue weighted by Crippen LogP contribution is -2.03. The molecule has 0 bridgehead atoms. The van der Waals surface area contributed by atoms with Crippen molar-refractivity contribution in [1.29, 1.82) is 0 Å². The van der Waals surface area contributed by atoms with E-state index < -0.39 is 0 Å². The molecule has 0 unspecified atom stereocenters. The summed E-state index contributed by atoms with van der Waals surface area (Å²) in [6.07, 6.45) is 3.06. The van der Waals surface area contributed by atoms with E-state index in [-0.39, 0.29) is 17.1 Å². The van der Waals surface area contributed by atoms with E-state index in [1.807, 2.05) is 44.4 Å². The third-order valence-corrected chi connectivity index (χ3v) is 3.01. The number of phenolic OH excluding ortho intramolecular Hbond substituents is 1. The SMILES string of the molecule is CN(C)/C=C/C(=O)c1ccc(OCc2ccccc2)cc1O. The number of benzene rings is 2. The number of carbonyl (C=O) groups is 1. The topological polar surface area (TPSA) is 49.8 Å². The van der Waals surface area contributed by atoms with Crippen LogP contribution in [-0.2, 0) is 6.61 Å². The Bertz CT molecular complexity index is 663. The summed E-state index contributed by atoms with van der Waals surface area (Å²) in [5.74, 6) is 0.189. The fourth-order valence-electron chi connectivity index (χ4n) is 1.86. The van der Waals surface area contributed by atoms with Crippen molar-refractivity contribution in [3.05, 3.63) is 71.9 Å². The Balaban J connectivity index is 2.04. The zero-order chi connectivity index (χ0) is 15.9. The maximum Gasteiger partial charge on any atom is 0.190 e. The first-order valence-corrected chi connectivity index (χ1v) is 6.95. The average Bonchev–Trinajstić information content (AvgIpc) is 2.51. The molecular weight excluding hydrogens is 278 g/mol. The first kappa shape index (κ1) is 15.6. The van der Waals surface area contributed by atoms with E-state index in [1.54, 1.807) is 23.2 Å².